The van der Waals surface area contributed by atoms with Gasteiger partial charge in [-0.15, -0.1) is 0 Å². The molecule has 0 aliphatic carbocycles. The molecule has 8 nitrogen and oxygen atoms in total. The standard InChI is InChI=1S/C24H29N5O3/c1-6-20-26-15(2)22(32-20)23(30)29-12-8-11-19(29)21-18(14-25-24(27-21)28(3)4)16-9-7-10-17(13-16)31-5/h7,9-10,13-14,19H,6,8,11-12H2,1-5H3/t19-/m1/s1. The Morgan fingerprint density at radius 3 is 2.81 bits per heavy atom. The molecule has 1 amide bonds. The Bertz CT molecular complexity index is 1120. The zero-order chi connectivity index (χ0) is 22.8. The molecule has 1 saturated heterocycles. The van der Waals surface area contributed by atoms with Gasteiger partial charge in [0.25, 0.3) is 5.91 Å². The van der Waals surface area contributed by atoms with E-state index in [9.17, 15) is 4.79 Å². The molecule has 1 aliphatic rings. The number of aromatic nitrogens is 3. The predicted octanol–water partition coefficient (Wildman–Crippen LogP) is 4.05. The second-order valence-corrected chi connectivity index (χ2v) is 8.13. The van der Waals surface area contributed by atoms with Crippen LogP contribution in [0.3, 0.4) is 0 Å². The summed E-state index contributed by atoms with van der Waals surface area (Å²) < 4.78 is 11.2. The number of benzene rings is 1. The van der Waals surface area contributed by atoms with Gasteiger partial charge in [0.05, 0.1) is 24.5 Å². The topological polar surface area (TPSA) is 84.6 Å². The molecule has 8 heteroatoms. The number of anilines is 1. The number of amides is 1. The van der Waals surface area contributed by atoms with Gasteiger partial charge >= 0.3 is 0 Å². The Balaban J connectivity index is 1.78. The Morgan fingerprint density at radius 2 is 2.12 bits per heavy atom. The molecule has 0 radical (unpaired) electrons. The number of aryl methyl sites for hydroxylation is 2. The summed E-state index contributed by atoms with van der Waals surface area (Å²) in [6.45, 7) is 4.42. The summed E-state index contributed by atoms with van der Waals surface area (Å²) >= 11 is 0. The molecule has 2 aromatic heterocycles. The van der Waals surface area contributed by atoms with E-state index >= 15 is 0 Å². The summed E-state index contributed by atoms with van der Waals surface area (Å²) in [6.07, 6.45) is 4.20. The molecule has 32 heavy (non-hydrogen) atoms. The number of oxazole rings is 1. The third-order valence-corrected chi connectivity index (χ3v) is 5.75. The minimum Gasteiger partial charge on any atom is -0.497 e. The number of nitrogens with zero attached hydrogens (tertiary/aromatic N) is 5. The van der Waals surface area contributed by atoms with Crippen LogP contribution in [0.2, 0.25) is 0 Å². The van der Waals surface area contributed by atoms with Crippen LogP contribution in [0.25, 0.3) is 11.1 Å². The van der Waals surface area contributed by atoms with E-state index in [1.54, 1.807) is 7.11 Å². The number of hydrogen-bond acceptors (Lipinski definition) is 7. The number of carbonyl (C=O) groups excluding carboxylic acids is 1. The van der Waals surface area contributed by atoms with Crippen LogP contribution in [-0.4, -0.2) is 53.5 Å². The summed E-state index contributed by atoms with van der Waals surface area (Å²) in [5.41, 5.74) is 3.30. The lowest BCUT2D eigenvalue weighted by Crippen LogP contribution is -2.32. The molecule has 1 fully saturated rings. The smallest absolute Gasteiger partial charge is 0.292 e. The number of likely N-dealkylation sites (tertiary alicyclic amines) is 1. The van der Waals surface area contributed by atoms with E-state index in [1.165, 1.54) is 0 Å². The molecule has 168 valence electrons. The molecule has 0 saturated carbocycles. The van der Waals surface area contributed by atoms with Gasteiger partial charge in [0.2, 0.25) is 11.7 Å². The van der Waals surface area contributed by atoms with Crippen molar-refractivity contribution in [3.8, 4) is 16.9 Å². The Morgan fingerprint density at radius 1 is 1.31 bits per heavy atom. The molecule has 1 atom stereocenters. The van der Waals surface area contributed by atoms with Crippen molar-refractivity contribution < 1.29 is 13.9 Å². The summed E-state index contributed by atoms with van der Waals surface area (Å²) in [7, 11) is 5.46. The first-order valence-electron chi connectivity index (χ1n) is 10.9. The highest BCUT2D eigenvalue weighted by Gasteiger charge is 2.36. The van der Waals surface area contributed by atoms with E-state index in [0.29, 0.717) is 36.3 Å². The van der Waals surface area contributed by atoms with Gasteiger partial charge in [-0.3, -0.25) is 4.79 Å². The average Bonchev–Trinajstić information content (AvgIpc) is 3.45. The van der Waals surface area contributed by atoms with E-state index in [-0.39, 0.29) is 11.9 Å². The molecule has 1 aromatic carbocycles. The zero-order valence-corrected chi connectivity index (χ0v) is 19.3. The second-order valence-electron chi connectivity index (χ2n) is 8.13. The molecule has 4 rings (SSSR count). The SMILES string of the molecule is CCc1nc(C)c(C(=O)N2CCC[C@@H]2c2nc(N(C)C)ncc2-c2cccc(OC)c2)o1. The summed E-state index contributed by atoms with van der Waals surface area (Å²) in [5.74, 6) is 2.12. The third-order valence-electron chi connectivity index (χ3n) is 5.75. The predicted molar refractivity (Wildman–Crippen MR) is 122 cm³/mol. The monoisotopic (exact) mass is 435 g/mol. The average molecular weight is 436 g/mol. The van der Waals surface area contributed by atoms with Crippen LogP contribution in [0.15, 0.2) is 34.9 Å². The van der Waals surface area contributed by atoms with E-state index in [4.69, 9.17) is 14.1 Å². The normalized spacial score (nSPS) is 15.8. The number of rotatable bonds is 6. The number of ether oxygens (including phenoxy) is 1. The zero-order valence-electron chi connectivity index (χ0n) is 19.3. The second kappa shape index (κ2) is 8.98. The van der Waals surface area contributed by atoms with Crippen LogP contribution in [0.1, 0.15) is 53.6 Å². The van der Waals surface area contributed by atoms with Gasteiger partial charge in [-0.1, -0.05) is 19.1 Å². The summed E-state index contributed by atoms with van der Waals surface area (Å²) in [5, 5.41) is 0. The van der Waals surface area contributed by atoms with Gasteiger partial charge in [0, 0.05) is 38.8 Å². The summed E-state index contributed by atoms with van der Waals surface area (Å²) in [6, 6.07) is 7.64. The molecule has 3 aromatic rings. The quantitative estimate of drug-likeness (QED) is 0.577. The Labute approximate surface area is 188 Å². The molecule has 0 bridgehead atoms. The van der Waals surface area contributed by atoms with E-state index < -0.39 is 0 Å². The van der Waals surface area contributed by atoms with Crippen molar-refractivity contribution in [3.63, 3.8) is 0 Å². The minimum absolute atomic E-state index is 0.140. The molecule has 0 N–H and O–H groups in total. The fourth-order valence-corrected chi connectivity index (χ4v) is 4.09. The van der Waals surface area contributed by atoms with Crippen molar-refractivity contribution in [2.75, 3.05) is 32.6 Å². The minimum atomic E-state index is -0.181. The van der Waals surface area contributed by atoms with Gasteiger partial charge in [0.15, 0.2) is 5.89 Å². The van der Waals surface area contributed by atoms with Crippen molar-refractivity contribution >= 4 is 11.9 Å². The first kappa shape index (κ1) is 21.8. The van der Waals surface area contributed by atoms with Crippen molar-refractivity contribution in [1.82, 2.24) is 19.9 Å². The fourth-order valence-electron chi connectivity index (χ4n) is 4.09. The molecule has 0 unspecified atom stereocenters. The van der Waals surface area contributed by atoms with Crippen LogP contribution in [0.4, 0.5) is 5.95 Å². The maximum atomic E-state index is 13.5. The van der Waals surface area contributed by atoms with Crippen LogP contribution in [0, 0.1) is 6.92 Å². The molecule has 3 heterocycles. The lowest BCUT2D eigenvalue weighted by molar-refractivity contribution is 0.0698. The number of hydrogen-bond donors (Lipinski definition) is 0. The van der Waals surface area contributed by atoms with Crippen LogP contribution in [-0.2, 0) is 6.42 Å². The van der Waals surface area contributed by atoms with Crippen LogP contribution >= 0.6 is 0 Å². The lowest BCUT2D eigenvalue weighted by Gasteiger charge is -2.26. The van der Waals surface area contributed by atoms with Crippen LogP contribution in [0.5, 0.6) is 5.75 Å². The van der Waals surface area contributed by atoms with Gasteiger partial charge in [0.1, 0.15) is 5.75 Å². The lowest BCUT2D eigenvalue weighted by atomic mass is 9.99. The van der Waals surface area contributed by atoms with Gasteiger partial charge in [-0.25, -0.2) is 15.0 Å². The molecule has 1 aliphatic heterocycles. The van der Waals surface area contributed by atoms with E-state index in [2.05, 4.69) is 9.97 Å². The van der Waals surface area contributed by atoms with Crippen molar-refractivity contribution in [2.45, 2.75) is 39.2 Å². The highest BCUT2D eigenvalue weighted by atomic mass is 16.5. The van der Waals surface area contributed by atoms with Gasteiger partial charge in [-0.05, 0) is 37.5 Å². The van der Waals surface area contributed by atoms with Crippen molar-refractivity contribution in [1.29, 1.82) is 0 Å². The van der Waals surface area contributed by atoms with Crippen molar-refractivity contribution in [3.05, 3.63) is 53.5 Å². The maximum Gasteiger partial charge on any atom is 0.292 e. The van der Waals surface area contributed by atoms with E-state index in [1.807, 2.05) is 68.2 Å². The number of carbonyl (C=O) groups is 1. The Kier molecular flexibility index (Phi) is 6.12. The van der Waals surface area contributed by atoms with Gasteiger partial charge < -0.3 is 19.0 Å². The Hall–Kier alpha value is -3.42. The van der Waals surface area contributed by atoms with E-state index in [0.717, 1.165) is 35.4 Å². The summed E-state index contributed by atoms with van der Waals surface area (Å²) in [4.78, 5) is 31.0. The largest absolute Gasteiger partial charge is 0.497 e. The first-order chi connectivity index (χ1) is 15.4. The molecular formula is C24H29N5O3. The van der Waals surface area contributed by atoms with Crippen LogP contribution < -0.4 is 9.64 Å². The van der Waals surface area contributed by atoms with Gasteiger partial charge in [-0.2, -0.15) is 0 Å². The highest BCUT2D eigenvalue weighted by Crippen LogP contribution is 2.38. The maximum absolute atomic E-state index is 13.5. The fraction of sp³-hybridized carbons (Fsp3) is 0.417. The number of methoxy groups -OCH3 is 1. The van der Waals surface area contributed by atoms with Crippen molar-refractivity contribution in [2.24, 2.45) is 0 Å². The highest BCUT2D eigenvalue weighted by molar-refractivity contribution is 5.93. The molecule has 0 spiro atoms. The third kappa shape index (κ3) is 4.04. The molecular weight excluding hydrogens is 406 g/mol. The first-order valence-corrected chi connectivity index (χ1v) is 10.9.